The number of hydrogen-bond donors (Lipinski definition) is 2. The third-order valence-electron chi connectivity index (χ3n) is 2.44. The maximum atomic E-state index is 9.69. The summed E-state index contributed by atoms with van der Waals surface area (Å²) in [6.45, 7) is 8.91. The molecule has 2 N–H and O–H groups in total. The fraction of sp³-hybridized carbons (Fsp3) is 1.00. The molecule has 0 aliphatic carbocycles. The molecular formula is C12H27NO2. The number of aliphatic hydroxyl groups is 2. The number of rotatable bonds is 9. The van der Waals surface area contributed by atoms with Crippen molar-refractivity contribution in [2.75, 3.05) is 26.2 Å². The Morgan fingerprint density at radius 3 is 2.13 bits per heavy atom. The highest BCUT2D eigenvalue weighted by molar-refractivity contribution is 4.71. The van der Waals surface area contributed by atoms with Gasteiger partial charge < -0.3 is 15.1 Å². The van der Waals surface area contributed by atoms with Crippen molar-refractivity contribution < 1.29 is 10.2 Å². The van der Waals surface area contributed by atoms with Crippen LogP contribution in [0.25, 0.3) is 0 Å². The molecule has 0 rings (SSSR count). The maximum absolute atomic E-state index is 9.69. The number of nitrogens with zero attached hydrogens (tertiary/aromatic N) is 1. The molecule has 0 radical (unpaired) electrons. The van der Waals surface area contributed by atoms with Crippen LogP contribution in [0.2, 0.25) is 0 Å². The highest BCUT2D eigenvalue weighted by atomic mass is 16.3. The van der Waals surface area contributed by atoms with Crippen molar-refractivity contribution in [2.24, 2.45) is 0 Å². The average Bonchev–Trinajstić information content (AvgIpc) is 2.14. The van der Waals surface area contributed by atoms with Gasteiger partial charge in [-0.15, -0.1) is 0 Å². The smallest absolute Gasteiger partial charge is 0.0718 e. The lowest BCUT2D eigenvalue weighted by molar-refractivity contribution is 0.0373. The van der Waals surface area contributed by atoms with Crippen molar-refractivity contribution in [3.8, 4) is 0 Å². The number of hydrogen-bond acceptors (Lipinski definition) is 3. The topological polar surface area (TPSA) is 43.7 Å². The zero-order valence-electron chi connectivity index (χ0n) is 10.5. The van der Waals surface area contributed by atoms with Crippen LogP contribution < -0.4 is 0 Å². The van der Waals surface area contributed by atoms with Crippen LogP contribution in [-0.4, -0.2) is 47.0 Å². The van der Waals surface area contributed by atoms with Crippen molar-refractivity contribution in [1.82, 2.24) is 4.90 Å². The second-order valence-corrected chi connectivity index (χ2v) is 4.82. The normalized spacial score (nSPS) is 12.4. The third kappa shape index (κ3) is 10.2. The van der Waals surface area contributed by atoms with Crippen LogP contribution in [0.1, 0.15) is 46.5 Å². The van der Waals surface area contributed by atoms with Crippen LogP contribution in [0.3, 0.4) is 0 Å². The van der Waals surface area contributed by atoms with E-state index >= 15 is 0 Å². The fourth-order valence-corrected chi connectivity index (χ4v) is 1.70. The lowest BCUT2D eigenvalue weighted by atomic mass is 10.1. The molecule has 0 aromatic rings. The average molecular weight is 217 g/mol. The second kappa shape index (κ2) is 8.08. The van der Waals surface area contributed by atoms with Gasteiger partial charge in [0.2, 0.25) is 0 Å². The van der Waals surface area contributed by atoms with Gasteiger partial charge in [-0.25, -0.2) is 0 Å². The summed E-state index contributed by atoms with van der Waals surface area (Å²) >= 11 is 0. The molecule has 0 aromatic carbocycles. The quantitative estimate of drug-likeness (QED) is 0.577. The molecule has 15 heavy (non-hydrogen) atoms. The monoisotopic (exact) mass is 217 g/mol. The molecule has 0 aromatic heterocycles. The van der Waals surface area contributed by atoms with Crippen molar-refractivity contribution >= 4 is 0 Å². The molecule has 0 bridgehead atoms. The van der Waals surface area contributed by atoms with Crippen molar-refractivity contribution in [2.45, 2.75) is 52.1 Å². The molecule has 0 saturated heterocycles. The Bertz CT molecular complexity index is 143. The van der Waals surface area contributed by atoms with E-state index in [0.29, 0.717) is 6.61 Å². The molecule has 0 amide bonds. The molecule has 3 nitrogen and oxygen atoms in total. The summed E-state index contributed by atoms with van der Waals surface area (Å²) in [5.41, 5.74) is -0.596. The Morgan fingerprint density at radius 2 is 1.67 bits per heavy atom. The Labute approximate surface area is 94.1 Å². The largest absolute Gasteiger partial charge is 0.396 e. The lowest BCUT2D eigenvalue weighted by Crippen LogP contribution is -2.39. The molecule has 0 saturated carbocycles. The summed E-state index contributed by atoms with van der Waals surface area (Å²) in [5.74, 6) is 0. The zero-order chi connectivity index (χ0) is 11.7. The minimum atomic E-state index is -0.596. The van der Waals surface area contributed by atoms with Crippen molar-refractivity contribution in [3.05, 3.63) is 0 Å². The summed E-state index contributed by atoms with van der Waals surface area (Å²) in [6.07, 6.45) is 4.35. The summed E-state index contributed by atoms with van der Waals surface area (Å²) in [7, 11) is 0. The number of unbranched alkanes of at least 4 members (excludes halogenated alkanes) is 3. The second-order valence-electron chi connectivity index (χ2n) is 4.82. The molecule has 0 unspecified atom stereocenters. The van der Waals surface area contributed by atoms with Gasteiger partial charge in [0.15, 0.2) is 0 Å². The number of aliphatic hydroxyl groups excluding tert-OH is 1. The number of likely N-dealkylation sites (N-methyl/N-ethyl adjacent to an activating group) is 1. The minimum Gasteiger partial charge on any atom is -0.396 e. The van der Waals surface area contributed by atoms with E-state index in [0.717, 1.165) is 38.9 Å². The summed E-state index contributed by atoms with van der Waals surface area (Å²) < 4.78 is 0. The molecular weight excluding hydrogens is 190 g/mol. The first-order chi connectivity index (χ1) is 6.99. The van der Waals surface area contributed by atoms with Gasteiger partial charge >= 0.3 is 0 Å². The van der Waals surface area contributed by atoms with Gasteiger partial charge in [0.1, 0.15) is 0 Å². The van der Waals surface area contributed by atoms with Crippen molar-refractivity contribution in [1.29, 1.82) is 0 Å². The maximum Gasteiger partial charge on any atom is 0.0718 e. The van der Waals surface area contributed by atoms with E-state index in [4.69, 9.17) is 5.11 Å². The van der Waals surface area contributed by atoms with Crippen LogP contribution in [0.5, 0.6) is 0 Å². The van der Waals surface area contributed by atoms with E-state index in [1.165, 1.54) is 6.42 Å². The van der Waals surface area contributed by atoms with E-state index in [9.17, 15) is 5.11 Å². The Hall–Kier alpha value is -0.120. The van der Waals surface area contributed by atoms with E-state index in [1.807, 2.05) is 13.8 Å². The first-order valence-electron chi connectivity index (χ1n) is 6.05. The minimum absolute atomic E-state index is 0.307. The van der Waals surface area contributed by atoms with Gasteiger partial charge in [0.05, 0.1) is 5.60 Å². The fourth-order valence-electron chi connectivity index (χ4n) is 1.70. The molecule has 0 spiro atoms. The molecule has 3 heteroatoms. The first kappa shape index (κ1) is 14.9. The summed E-state index contributed by atoms with van der Waals surface area (Å²) in [6, 6.07) is 0. The predicted molar refractivity (Wildman–Crippen MR) is 64.0 cm³/mol. The van der Waals surface area contributed by atoms with Crippen LogP contribution in [0.4, 0.5) is 0 Å². The van der Waals surface area contributed by atoms with Gasteiger partial charge in [0, 0.05) is 13.2 Å². The van der Waals surface area contributed by atoms with Gasteiger partial charge in [-0.3, -0.25) is 0 Å². The van der Waals surface area contributed by atoms with Crippen LogP contribution in [-0.2, 0) is 0 Å². The molecule has 0 aliphatic heterocycles. The molecule has 0 atom stereocenters. The van der Waals surface area contributed by atoms with Crippen molar-refractivity contribution in [3.63, 3.8) is 0 Å². The first-order valence-corrected chi connectivity index (χ1v) is 6.05. The molecule has 0 fully saturated rings. The Kier molecular flexibility index (Phi) is 8.02. The SMILES string of the molecule is CCN(CCCCCCO)CC(C)(C)O. The van der Waals surface area contributed by atoms with E-state index in [2.05, 4.69) is 11.8 Å². The summed E-state index contributed by atoms with van der Waals surface area (Å²) in [5, 5.41) is 18.3. The lowest BCUT2D eigenvalue weighted by Gasteiger charge is -2.27. The van der Waals surface area contributed by atoms with Gasteiger partial charge in [-0.2, -0.15) is 0 Å². The highest BCUT2D eigenvalue weighted by Crippen LogP contribution is 2.07. The molecule has 0 heterocycles. The molecule has 0 aliphatic rings. The highest BCUT2D eigenvalue weighted by Gasteiger charge is 2.16. The van der Waals surface area contributed by atoms with Gasteiger partial charge in [-0.05, 0) is 39.8 Å². The molecule has 92 valence electrons. The van der Waals surface area contributed by atoms with Gasteiger partial charge in [-0.1, -0.05) is 19.8 Å². The third-order valence-corrected chi connectivity index (χ3v) is 2.44. The van der Waals surface area contributed by atoms with Gasteiger partial charge in [0.25, 0.3) is 0 Å². The summed E-state index contributed by atoms with van der Waals surface area (Å²) in [4.78, 5) is 2.28. The standard InChI is InChI=1S/C12H27NO2/c1-4-13(11-12(2,3)15)9-7-5-6-8-10-14/h14-15H,4-11H2,1-3H3. The van der Waals surface area contributed by atoms with E-state index < -0.39 is 5.60 Å². The van der Waals surface area contributed by atoms with E-state index in [-0.39, 0.29) is 0 Å². The zero-order valence-corrected chi connectivity index (χ0v) is 10.5. The van der Waals surface area contributed by atoms with Crippen LogP contribution >= 0.6 is 0 Å². The Balaban J connectivity index is 3.53. The Morgan fingerprint density at radius 1 is 1.07 bits per heavy atom. The van der Waals surface area contributed by atoms with Crippen LogP contribution in [0, 0.1) is 0 Å². The van der Waals surface area contributed by atoms with E-state index in [1.54, 1.807) is 0 Å². The predicted octanol–water partition coefficient (Wildman–Crippen LogP) is 1.63. The van der Waals surface area contributed by atoms with Crippen LogP contribution in [0.15, 0.2) is 0 Å².